The summed E-state index contributed by atoms with van der Waals surface area (Å²) < 4.78 is 0. The molecule has 24 heavy (non-hydrogen) atoms. The van der Waals surface area contributed by atoms with Gasteiger partial charge in [0.1, 0.15) is 0 Å². The van der Waals surface area contributed by atoms with Gasteiger partial charge in [0.2, 0.25) is 0 Å². The molecule has 132 valence electrons. The van der Waals surface area contributed by atoms with Crippen molar-refractivity contribution < 1.29 is 0 Å². The van der Waals surface area contributed by atoms with Gasteiger partial charge < -0.3 is 11.1 Å². The first-order chi connectivity index (χ1) is 11.6. The van der Waals surface area contributed by atoms with Gasteiger partial charge in [0.25, 0.3) is 0 Å². The van der Waals surface area contributed by atoms with E-state index < -0.39 is 0 Å². The van der Waals surface area contributed by atoms with Gasteiger partial charge >= 0.3 is 0 Å². The summed E-state index contributed by atoms with van der Waals surface area (Å²) in [5, 5.41) is 3.39. The number of nitrogens with one attached hydrogen (secondary N) is 1. The molecule has 0 saturated heterocycles. The van der Waals surface area contributed by atoms with Crippen molar-refractivity contribution in [3.05, 3.63) is 29.8 Å². The van der Waals surface area contributed by atoms with Crippen LogP contribution < -0.4 is 11.1 Å². The third-order valence-electron chi connectivity index (χ3n) is 6.77. The van der Waals surface area contributed by atoms with E-state index >= 15 is 0 Å². The molecule has 2 unspecified atom stereocenters. The summed E-state index contributed by atoms with van der Waals surface area (Å²) in [6.07, 6.45) is 11.1. The fraction of sp³-hybridized carbons (Fsp3) is 0.667. The van der Waals surface area contributed by atoms with Gasteiger partial charge in [0, 0.05) is 5.69 Å². The average molecular weight is 345 g/mol. The number of rotatable bonds is 6. The predicted molar refractivity (Wildman–Crippen MR) is 107 cm³/mol. The van der Waals surface area contributed by atoms with Gasteiger partial charge in [-0.15, -0.1) is 0 Å². The van der Waals surface area contributed by atoms with Crippen molar-refractivity contribution in [2.75, 3.05) is 5.32 Å². The zero-order chi connectivity index (χ0) is 17.2. The van der Waals surface area contributed by atoms with Crippen molar-refractivity contribution in [3.8, 4) is 0 Å². The van der Waals surface area contributed by atoms with Crippen LogP contribution in [0.5, 0.6) is 0 Å². The Bertz CT molecular complexity index is 558. The van der Waals surface area contributed by atoms with Crippen LogP contribution in [0.2, 0.25) is 0 Å². The van der Waals surface area contributed by atoms with E-state index in [-0.39, 0.29) is 0 Å². The lowest BCUT2D eigenvalue weighted by Gasteiger charge is -2.55. The zero-order valence-corrected chi connectivity index (χ0v) is 16.0. The molecular weight excluding hydrogens is 312 g/mol. The fourth-order valence-corrected chi connectivity index (χ4v) is 5.74. The minimum atomic E-state index is 0.339. The number of nitrogens with two attached hydrogens (primary N) is 1. The van der Waals surface area contributed by atoms with E-state index in [1.165, 1.54) is 51.4 Å². The summed E-state index contributed by atoms with van der Waals surface area (Å²) in [5.74, 6) is 2.73. The van der Waals surface area contributed by atoms with Gasteiger partial charge in [0.15, 0.2) is 5.11 Å². The summed E-state index contributed by atoms with van der Waals surface area (Å²) >= 11 is 4.95. The molecule has 3 fully saturated rings. The largest absolute Gasteiger partial charge is 0.376 e. The smallest absolute Gasteiger partial charge is 0.168 e. The van der Waals surface area contributed by atoms with Gasteiger partial charge in [-0.1, -0.05) is 45.2 Å². The van der Waals surface area contributed by atoms with E-state index in [1.807, 2.05) is 0 Å². The fourth-order valence-electron chi connectivity index (χ4n) is 5.62. The van der Waals surface area contributed by atoms with Crippen LogP contribution in [0.1, 0.15) is 70.8 Å². The van der Waals surface area contributed by atoms with Crippen LogP contribution in [-0.2, 0) is 5.41 Å². The Morgan fingerprint density at radius 1 is 1.25 bits per heavy atom. The molecule has 0 spiro atoms. The van der Waals surface area contributed by atoms with Crippen molar-refractivity contribution in [2.24, 2.45) is 23.5 Å². The highest BCUT2D eigenvalue weighted by molar-refractivity contribution is 7.80. The summed E-state index contributed by atoms with van der Waals surface area (Å²) in [6.45, 7) is 4.73. The number of hydrogen-bond donors (Lipinski definition) is 2. The highest BCUT2D eigenvalue weighted by atomic mass is 32.1. The van der Waals surface area contributed by atoms with Crippen molar-refractivity contribution in [3.63, 3.8) is 0 Å². The summed E-state index contributed by atoms with van der Waals surface area (Å²) in [5.41, 5.74) is 8.56. The van der Waals surface area contributed by atoms with Crippen LogP contribution in [-0.4, -0.2) is 5.11 Å². The molecule has 3 heteroatoms. The normalized spacial score (nSPS) is 30.1. The summed E-state index contributed by atoms with van der Waals surface area (Å²) in [4.78, 5) is 0. The SMILES string of the molecule is CCCC(CC)C1CC2CCC1(c1ccc(NC(N)=S)cc1)CC2. The molecule has 3 aliphatic carbocycles. The third-order valence-corrected chi connectivity index (χ3v) is 6.88. The number of benzene rings is 1. The van der Waals surface area contributed by atoms with Crippen LogP contribution in [0, 0.1) is 17.8 Å². The predicted octanol–water partition coefficient (Wildman–Crippen LogP) is 5.62. The van der Waals surface area contributed by atoms with Crippen LogP contribution in [0.3, 0.4) is 0 Å². The first-order valence-corrected chi connectivity index (χ1v) is 10.2. The van der Waals surface area contributed by atoms with Gasteiger partial charge in [-0.2, -0.15) is 0 Å². The van der Waals surface area contributed by atoms with Crippen molar-refractivity contribution in [1.29, 1.82) is 0 Å². The number of hydrogen-bond acceptors (Lipinski definition) is 1. The molecule has 4 rings (SSSR count). The summed E-state index contributed by atoms with van der Waals surface area (Å²) in [6, 6.07) is 8.97. The lowest BCUT2D eigenvalue weighted by atomic mass is 9.49. The van der Waals surface area contributed by atoms with Gasteiger partial charge in [-0.3, -0.25) is 0 Å². The van der Waals surface area contributed by atoms with Gasteiger partial charge in [-0.05, 0) is 85.2 Å². The van der Waals surface area contributed by atoms with Crippen molar-refractivity contribution in [2.45, 2.75) is 70.6 Å². The van der Waals surface area contributed by atoms with Crippen molar-refractivity contribution >= 4 is 23.0 Å². The van der Waals surface area contributed by atoms with E-state index in [0.29, 0.717) is 10.5 Å². The minimum Gasteiger partial charge on any atom is -0.376 e. The Hall–Kier alpha value is -1.09. The second kappa shape index (κ2) is 7.43. The first kappa shape index (κ1) is 17.7. The maximum absolute atomic E-state index is 5.60. The Labute approximate surface area is 152 Å². The standard InChI is InChI=1S/C21H32N2S/c1-3-5-16(4-2)19-14-15-10-12-21(19,13-11-15)17-6-8-18(9-7-17)23-20(22)24/h6-9,15-16,19H,3-5,10-14H2,1-2H3,(H3,22,23,24). The number of anilines is 1. The number of fused-ring (bicyclic) bond motifs is 3. The van der Waals surface area contributed by atoms with Gasteiger partial charge in [0.05, 0.1) is 0 Å². The molecule has 0 aromatic heterocycles. The van der Waals surface area contributed by atoms with Gasteiger partial charge in [-0.25, -0.2) is 0 Å². The van der Waals surface area contributed by atoms with E-state index in [0.717, 1.165) is 23.4 Å². The Morgan fingerprint density at radius 3 is 2.46 bits per heavy atom. The topological polar surface area (TPSA) is 38.0 Å². The van der Waals surface area contributed by atoms with Crippen LogP contribution in [0.4, 0.5) is 5.69 Å². The molecule has 3 N–H and O–H groups in total. The second-order valence-corrected chi connectivity index (χ2v) is 8.41. The quantitative estimate of drug-likeness (QED) is 0.658. The van der Waals surface area contributed by atoms with Crippen LogP contribution in [0.15, 0.2) is 24.3 Å². The highest BCUT2D eigenvalue weighted by Gasteiger charge is 2.50. The number of thiocarbonyl (C=S) groups is 1. The third kappa shape index (κ3) is 3.33. The molecule has 0 heterocycles. The van der Waals surface area contributed by atoms with Crippen molar-refractivity contribution in [1.82, 2.24) is 0 Å². The molecular formula is C21H32N2S. The lowest BCUT2D eigenvalue weighted by molar-refractivity contribution is 0.0187. The average Bonchev–Trinajstić information content (AvgIpc) is 2.60. The first-order valence-electron chi connectivity index (χ1n) is 9.76. The van der Waals surface area contributed by atoms with E-state index in [9.17, 15) is 0 Å². The van der Waals surface area contributed by atoms with E-state index in [4.69, 9.17) is 18.0 Å². The molecule has 2 nitrogen and oxygen atoms in total. The van der Waals surface area contributed by atoms with E-state index in [2.05, 4.69) is 43.4 Å². The highest BCUT2D eigenvalue weighted by Crippen LogP contribution is 2.58. The molecule has 1 aromatic carbocycles. The second-order valence-electron chi connectivity index (χ2n) is 7.97. The van der Waals surface area contributed by atoms with Crippen LogP contribution >= 0.6 is 12.2 Å². The Balaban J connectivity index is 1.90. The monoisotopic (exact) mass is 344 g/mol. The Kier molecular flexibility index (Phi) is 5.49. The maximum Gasteiger partial charge on any atom is 0.168 e. The lowest BCUT2D eigenvalue weighted by Crippen LogP contribution is -2.48. The van der Waals surface area contributed by atoms with E-state index in [1.54, 1.807) is 5.56 Å². The summed E-state index contributed by atoms with van der Waals surface area (Å²) in [7, 11) is 0. The molecule has 2 atom stereocenters. The Morgan fingerprint density at radius 2 is 1.92 bits per heavy atom. The maximum atomic E-state index is 5.60. The van der Waals surface area contributed by atoms with Crippen LogP contribution in [0.25, 0.3) is 0 Å². The molecule has 3 saturated carbocycles. The molecule has 0 aliphatic heterocycles. The minimum absolute atomic E-state index is 0.339. The molecule has 0 radical (unpaired) electrons. The molecule has 0 amide bonds. The molecule has 1 aromatic rings. The zero-order valence-electron chi connectivity index (χ0n) is 15.2. The molecule has 2 bridgehead atoms. The molecule has 3 aliphatic rings.